The molecular weight excluding hydrogens is 279 g/mol. The average Bonchev–Trinajstić information content (AvgIpc) is 2.45. The molecule has 1 heterocycles. The monoisotopic (exact) mass is 298 g/mol. The van der Waals surface area contributed by atoms with Crippen LogP contribution in [0.25, 0.3) is 0 Å². The number of anilines is 2. The van der Waals surface area contributed by atoms with Crippen molar-refractivity contribution in [1.82, 2.24) is 0 Å². The Morgan fingerprint density at radius 2 is 1.95 bits per heavy atom. The van der Waals surface area contributed by atoms with Crippen molar-refractivity contribution < 1.29 is 9.18 Å². The Morgan fingerprint density at radius 3 is 2.59 bits per heavy atom. The van der Waals surface area contributed by atoms with Gasteiger partial charge < -0.3 is 10.6 Å². The molecule has 0 spiro atoms. The number of hydrogen-bond donors (Lipinski definition) is 1. The summed E-state index contributed by atoms with van der Waals surface area (Å²) in [5.74, 6) is 0.0790. The fraction of sp³-hybridized carbons (Fsp3) is 0.278. The predicted octanol–water partition coefficient (Wildman–Crippen LogP) is 3.44. The van der Waals surface area contributed by atoms with Crippen molar-refractivity contribution in [2.75, 3.05) is 23.7 Å². The molecule has 0 amide bonds. The van der Waals surface area contributed by atoms with E-state index in [2.05, 4.69) is 0 Å². The van der Waals surface area contributed by atoms with E-state index in [4.69, 9.17) is 5.73 Å². The number of nitrogen functional groups attached to an aromatic ring is 1. The molecule has 4 heteroatoms. The Balaban J connectivity index is 1.84. The van der Waals surface area contributed by atoms with Gasteiger partial charge in [-0.2, -0.15) is 0 Å². The topological polar surface area (TPSA) is 46.3 Å². The van der Waals surface area contributed by atoms with Gasteiger partial charge in [-0.05, 0) is 42.7 Å². The van der Waals surface area contributed by atoms with Crippen molar-refractivity contribution in [3.63, 3.8) is 0 Å². The highest BCUT2D eigenvalue weighted by atomic mass is 19.1. The number of halogens is 1. The Kier molecular flexibility index (Phi) is 3.61. The maximum absolute atomic E-state index is 13.8. The van der Waals surface area contributed by atoms with Gasteiger partial charge in [0, 0.05) is 30.3 Å². The molecule has 1 saturated heterocycles. The highest BCUT2D eigenvalue weighted by Gasteiger charge is 2.31. The maximum atomic E-state index is 13.8. The van der Waals surface area contributed by atoms with E-state index in [1.807, 2.05) is 30.9 Å². The minimum Gasteiger partial charge on any atom is -0.398 e. The highest BCUT2D eigenvalue weighted by molar-refractivity contribution is 5.83. The molecule has 1 aliphatic heterocycles. The van der Waals surface area contributed by atoms with Crippen LogP contribution in [0.2, 0.25) is 0 Å². The highest BCUT2D eigenvalue weighted by Crippen LogP contribution is 2.37. The second-order valence-corrected chi connectivity index (χ2v) is 5.91. The van der Waals surface area contributed by atoms with Gasteiger partial charge in [-0.3, -0.25) is 4.79 Å². The van der Waals surface area contributed by atoms with E-state index >= 15 is 0 Å². The van der Waals surface area contributed by atoms with E-state index in [-0.39, 0.29) is 11.7 Å². The lowest BCUT2D eigenvalue weighted by atomic mass is 9.85. The van der Waals surface area contributed by atoms with Crippen LogP contribution in [0.5, 0.6) is 0 Å². The molecule has 22 heavy (non-hydrogen) atoms. The third-order valence-corrected chi connectivity index (χ3v) is 4.55. The summed E-state index contributed by atoms with van der Waals surface area (Å²) in [4.78, 5) is 13.1. The molecule has 3 rings (SSSR count). The summed E-state index contributed by atoms with van der Waals surface area (Å²) in [7, 11) is 0. The molecule has 1 fully saturated rings. The first-order valence-electron chi connectivity index (χ1n) is 7.37. The molecule has 0 bridgehead atoms. The van der Waals surface area contributed by atoms with Crippen LogP contribution in [-0.2, 0) is 0 Å². The van der Waals surface area contributed by atoms with Crippen molar-refractivity contribution in [3.05, 3.63) is 58.4 Å². The van der Waals surface area contributed by atoms with Crippen LogP contribution < -0.4 is 10.6 Å². The first-order chi connectivity index (χ1) is 10.5. The number of carbonyl (C=O) groups excluding carboxylic acids is 1. The molecule has 3 nitrogen and oxygen atoms in total. The van der Waals surface area contributed by atoms with E-state index in [0.29, 0.717) is 16.9 Å². The quantitative estimate of drug-likeness (QED) is 0.697. The SMILES string of the molecule is Cc1cc(C2CN(c3ccccc3F)C2)c(N)c(C)c1C=O. The van der Waals surface area contributed by atoms with Gasteiger partial charge in [0.2, 0.25) is 0 Å². The number of rotatable bonds is 3. The molecule has 1 aliphatic rings. The van der Waals surface area contributed by atoms with Gasteiger partial charge in [0.15, 0.2) is 6.29 Å². The van der Waals surface area contributed by atoms with E-state index < -0.39 is 0 Å². The van der Waals surface area contributed by atoms with Crippen molar-refractivity contribution in [1.29, 1.82) is 0 Å². The Morgan fingerprint density at radius 1 is 1.27 bits per heavy atom. The third kappa shape index (κ3) is 2.25. The normalized spacial score (nSPS) is 14.8. The van der Waals surface area contributed by atoms with Crippen molar-refractivity contribution in [3.8, 4) is 0 Å². The number of para-hydroxylation sites is 1. The minimum absolute atomic E-state index is 0.197. The van der Waals surface area contributed by atoms with Gasteiger partial charge in [-0.1, -0.05) is 18.2 Å². The molecule has 2 aromatic carbocycles. The zero-order chi connectivity index (χ0) is 15.9. The zero-order valence-corrected chi connectivity index (χ0v) is 12.8. The number of aldehydes is 1. The second kappa shape index (κ2) is 5.44. The van der Waals surface area contributed by atoms with Gasteiger partial charge in [0.1, 0.15) is 5.82 Å². The number of nitrogens with zero attached hydrogens (tertiary/aromatic N) is 1. The van der Waals surface area contributed by atoms with Gasteiger partial charge in [-0.25, -0.2) is 4.39 Å². The lowest BCUT2D eigenvalue weighted by Crippen LogP contribution is -2.45. The summed E-state index contributed by atoms with van der Waals surface area (Å²) in [5.41, 5.74) is 11.0. The molecule has 114 valence electrons. The number of carbonyl (C=O) groups is 1. The fourth-order valence-corrected chi connectivity index (χ4v) is 3.15. The van der Waals surface area contributed by atoms with E-state index in [0.717, 1.165) is 36.1 Å². The maximum Gasteiger partial charge on any atom is 0.150 e. The van der Waals surface area contributed by atoms with E-state index in [1.54, 1.807) is 12.1 Å². The van der Waals surface area contributed by atoms with Gasteiger partial charge in [0.05, 0.1) is 5.69 Å². The molecule has 2 N–H and O–H groups in total. The van der Waals surface area contributed by atoms with Gasteiger partial charge in [-0.15, -0.1) is 0 Å². The van der Waals surface area contributed by atoms with Gasteiger partial charge >= 0.3 is 0 Å². The van der Waals surface area contributed by atoms with Crippen LogP contribution in [-0.4, -0.2) is 19.4 Å². The van der Waals surface area contributed by atoms with E-state index in [1.165, 1.54) is 6.07 Å². The summed E-state index contributed by atoms with van der Waals surface area (Å²) < 4.78 is 13.8. The first kappa shape index (κ1) is 14.6. The smallest absolute Gasteiger partial charge is 0.150 e. The Bertz CT molecular complexity index is 736. The molecule has 0 radical (unpaired) electrons. The molecule has 0 aliphatic carbocycles. The number of benzene rings is 2. The standard InChI is InChI=1S/C18H19FN2O/c1-11-7-14(18(20)12(2)15(11)10-22)13-8-21(9-13)17-6-4-3-5-16(17)19/h3-7,10,13H,8-9,20H2,1-2H3. The number of nitrogens with two attached hydrogens (primary N) is 1. The number of hydrogen-bond acceptors (Lipinski definition) is 3. The van der Waals surface area contributed by atoms with Crippen LogP contribution >= 0.6 is 0 Å². The Hall–Kier alpha value is -2.36. The molecule has 0 saturated carbocycles. The van der Waals surface area contributed by atoms with E-state index in [9.17, 15) is 9.18 Å². The molecule has 2 aromatic rings. The van der Waals surface area contributed by atoms with Gasteiger partial charge in [0.25, 0.3) is 0 Å². The average molecular weight is 298 g/mol. The molecule has 0 unspecified atom stereocenters. The molecular formula is C18H19FN2O. The Labute approximate surface area is 129 Å². The van der Waals surface area contributed by atoms with Crippen molar-refractivity contribution >= 4 is 17.7 Å². The number of aryl methyl sites for hydroxylation is 1. The largest absolute Gasteiger partial charge is 0.398 e. The third-order valence-electron chi connectivity index (χ3n) is 4.55. The predicted molar refractivity (Wildman–Crippen MR) is 87.1 cm³/mol. The van der Waals surface area contributed by atoms with Crippen LogP contribution in [0.3, 0.4) is 0 Å². The lowest BCUT2D eigenvalue weighted by molar-refractivity contribution is 0.112. The van der Waals surface area contributed by atoms with Crippen LogP contribution in [0.4, 0.5) is 15.8 Å². The zero-order valence-electron chi connectivity index (χ0n) is 12.8. The summed E-state index contributed by atoms with van der Waals surface area (Å²) in [6.07, 6.45) is 0.858. The summed E-state index contributed by atoms with van der Waals surface area (Å²) in [6, 6.07) is 8.80. The summed E-state index contributed by atoms with van der Waals surface area (Å²) in [5, 5.41) is 0. The molecule has 0 atom stereocenters. The van der Waals surface area contributed by atoms with Crippen molar-refractivity contribution in [2.24, 2.45) is 0 Å². The second-order valence-electron chi connectivity index (χ2n) is 5.91. The first-order valence-corrected chi connectivity index (χ1v) is 7.37. The minimum atomic E-state index is -0.197. The summed E-state index contributed by atoms with van der Waals surface area (Å²) in [6.45, 7) is 5.28. The van der Waals surface area contributed by atoms with Crippen molar-refractivity contribution in [2.45, 2.75) is 19.8 Å². The summed E-state index contributed by atoms with van der Waals surface area (Å²) >= 11 is 0. The van der Waals surface area contributed by atoms with Crippen LogP contribution in [0, 0.1) is 19.7 Å². The van der Waals surface area contributed by atoms with Crippen LogP contribution in [0.15, 0.2) is 30.3 Å². The fourth-order valence-electron chi connectivity index (χ4n) is 3.15. The van der Waals surface area contributed by atoms with Crippen LogP contribution in [0.1, 0.15) is 33.0 Å². The lowest BCUT2D eigenvalue weighted by Gasteiger charge is -2.42. The molecule has 0 aromatic heterocycles.